The van der Waals surface area contributed by atoms with E-state index in [0.29, 0.717) is 0 Å². The molecule has 1 N–H and O–H groups in total. The van der Waals surface area contributed by atoms with Crippen molar-refractivity contribution >= 4 is 29.4 Å². The SMILES string of the molecule is O=C1Nc2ccccc2SC1=Cc1ccccc1. The van der Waals surface area contributed by atoms with Crippen LogP contribution in [0.2, 0.25) is 0 Å². The monoisotopic (exact) mass is 253 g/mol. The highest BCUT2D eigenvalue weighted by Crippen LogP contribution is 2.38. The predicted molar refractivity (Wildman–Crippen MR) is 75.3 cm³/mol. The van der Waals surface area contributed by atoms with Gasteiger partial charge < -0.3 is 5.32 Å². The molecule has 3 heteroatoms. The Morgan fingerprint density at radius 3 is 2.50 bits per heavy atom. The summed E-state index contributed by atoms with van der Waals surface area (Å²) in [4.78, 5) is 13.8. The number of hydrogen-bond donors (Lipinski definition) is 1. The van der Waals surface area contributed by atoms with E-state index in [0.717, 1.165) is 21.1 Å². The second-order valence-electron chi connectivity index (χ2n) is 3.97. The van der Waals surface area contributed by atoms with E-state index < -0.39 is 0 Å². The molecule has 1 aliphatic heterocycles. The first kappa shape index (κ1) is 11.1. The number of carbonyl (C=O) groups excluding carboxylic acids is 1. The molecule has 88 valence electrons. The Morgan fingerprint density at radius 1 is 0.944 bits per heavy atom. The Kier molecular flexibility index (Phi) is 2.90. The number of anilines is 1. The van der Waals surface area contributed by atoms with E-state index in [-0.39, 0.29) is 5.91 Å². The van der Waals surface area contributed by atoms with Crippen LogP contribution in [-0.4, -0.2) is 5.91 Å². The summed E-state index contributed by atoms with van der Waals surface area (Å²) in [7, 11) is 0. The van der Waals surface area contributed by atoms with E-state index in [1.165, 1.54) is 11.8 Å². The molecule has 0 aliphatic carbocycles. The maximum Gasteiger partial charge on any atom is 0.262 e. The Hall–Kier alpha value is -2.00. The van der Waals surface area contributed by atoms with Gasteiger partial charge in [0, 0.05) is 4.90 Å². The highest BCUT2D eigenvalue weighted by molar-refractivity contribution is 8.04. The van der Waals surface area contributed by atoms with Gasteiger partial charge in [-0.25, -0.2) is 0 Å². The van der Waals surface area contributed by atoms with E-state index >= 15 is 0 Å². The third-order valence-electron chi connectivity index (χ3n) is 2.68. The van der Waals surface area contributed by atoms with Crippen molar-refractivity contribution in [2.75, 3.05) is 5.32 Å². The number of thioether (sulfide) groups is 1. The second-order valence-corrected chi connectivity index (χ2v) is 5.06. The fourth-order valence-corrected chi connectivity index (χ4v) is 2.75. The minimum Gasteiger partial charge on any atom is -0.320 e. The van der Waals surface area contributed by atoms with Crippen molar-refractivity contribution in [3.63, 3.8) is 0 Å². The standard InChI is InChI=1S/C15H11NOS/c17-15-14(10-11-6-2-1-3-7-11)18-13-9-5-4-8-12(13)16-15/h1-10H,(H,16,17). The number of para-hydroxylation sites is 1. The van der Waals surface area contributed by atoms with Crippen LogP contribution in [0.25, 0.3) is 6.08 Å². The molecule has 2 aromatic rings. The summed E-state index contributed by atoms with van der Waals surface area (Å²) >= 11 is 1.51. The molecule has 3 rings (SSSR count). The van der Waals surface area contributed by atoms with Crippen LogP contribution in [0.3, 0.4) is 0 Å². The third-order valence-corrected chi connectivity index (χ3v) is 3.78. The summed E-state index contributed by atoms with van der Waals surface area (Å²) in [5.41, 5.74) is 1.92. The molecule has 0 unspecified atom stereocenters. The zero-order chi connectivity index (χ0) is 12.4. The highest BCUT2D eigenvalue weighted by atomic mass is 32.2. The first-order chi connectivity index (χ1) is 8.83. The van der Waals surface area contributed by atoms with Gasteiger partial charge in [0.05, 0.1) is 10.6 Å². The predicted octanol–water partition coefficient (Wildman–Crippen LogP) is 3.77. The number of fused-ring (bicyclic) bond motifs is 1. The van der Waals surface area contributed by atoms with E-state index in [4.69, 9.17) is 0 Å². The van der Waals surface area contributed by atoms with Gasteiger partial charge in [-0.15, -0.1) is 0 Å². The summed E-state index contributed by atoms with van der Waals surface area (Å²) in [5, 5.41) is 2.90. The van der Waals surface area contributed by atoms with Gasteiger partial charge in [-0.05, 0) is 23.8 Å². The second kappa shape index (κ2) is 4.70. The van der Waals surface area contributed by atoms with Crippen molar-refractivity contribution in [2.45, 2.75) is 4.90 Å². The summed E-state index contributed by atoms with van der Waals surface area (Å²) in [6.45, 7) is 0. The highest BCUT2D eigenvalue weighted by Gasteiger charge is 2.20. The van der Waals surface area contributed by atoms with Crippen LogP contribution in [0.15, 0.2) is 64.4 Å². The van der Waals surface area contributed by atoms with Crippen molar-refractivity contribution in [1.82, 2.24) is 0 Å². The summed E-state index contributed by atoms with van der Waals surface area (Å²) < 4.78 is 0. The molecule has 0 saturated carbocycles. The van der Waals surface area contributed by atoms with Gasteiger partial charge in [0.15, 0.2) is 0 Å². The summed E-state index contributed by atoms with van der Waals surface area (Å²) in [5.74, 6) is -0.0393. The normalized spacial score (nSPS) is 16.2. The number of carbonyl (C=O) groups is 1. The fourth-order valence-electron chi connectivity index (χ4n) is 1.80. The lowest BCUT2D eigenvalue weighted by Gasteiger charge is -2.18. The van der Waals surface area contributed by atoms with Gasteiger partial charge in [0.1, 0.15) is 0 Å². The molecule has 1 aliphatic rings. The molecule has 2 aromatic carbocycles. The third kappa shape index (κ3) is 2.17. The molecule has 0 fully saturated rings. The van der Waals surface area contributed by atoms with Crippen molar-refractivity contribution < 1.29 is 4.79 Å². The molecule has 0 aromatic heterocycles. The lowest BCUT2D eigenvalue weighted by Crippen LogP contribution is -2.16. The minimum atomic E-state index is -0.0393. The average Bonchev–Trinajstić information content (AvgIpc) is 2.41. The Morgan fingerprint density at radius 2 is 1.67 bits per heavy atom. The molecule has 2 nitrogen and oxygen atoms in total. The maximum atomic E-state index is 12.0. The van der Waals surface area contributed by atoms with E-state index in [9.17, 15) is 4.79 Å². The van der Waals surface area contributed by atoms with Crippen molar-refractivity contribution in [2.24, 2.45) is 0 Å². The Balaban J connectivity index is 1.96. The molecule has 0 saturated heterocycles. The molecule has 0 spiro atoms. The largest absolute Gasteiger partial charge is 0.320 e. The van der Waals surface area contributed by atoms with Gasteiger partial charge >= 0.3 is 0 Å². The number of rotatable bonds is 1. The van der Waals surface area contributed by atoms with Gasteiger partial charge in [0.25, 0.3) is 5.91 Å². The number of nitrogens with one attached hydrogen (secondary N) is 1. The van der Waals surface area contributed by atoms with Crippen LogP contribution < -0.4 is 5.32 Å². The molecule has 0 bridgehead atoms. The van der Waals surface area contributed by atoms with Crippen LogP contribution in [0.1, 0.15) is 5.56 Å². The lowest BCUT2D eigenvalue weighted by molar-refractivity contribution is -0.112. The van der Waals surface area contributed by atoms with E-state index in [2.05, 4.69) is 5.32 Å². The molecule has 1 heterocycles. The molecular formula is C15H11NOS. The topological polar surface area (TPSA) is 29.1 Å². The maximum absolute atomic E-state index is 12.0. The van der Waals surface area contributed by atoms with Crippen LogP contribution in [-0.2, 0) is 4.79 Å². The molecule has 18 heavy (non-hydrogen) atoms. The molecular weight excluding hydrogens is 242 g/mol. The van der Waals surface area contributed by atoms with Crippen LogP contribution in [0.4, 0.5) is 5.69 Å². The van der Waals surface area contributed by atoms with Crippen molar-refractivity contribution in [3.05, 3.63) is 65.1 Å². The Labute approximate surface area is 110 Å². The average molecular weight is 253 g/mol. The first-order valence-electron chi connectivity index (χ1n) is 5.68. The smallest absolute Gasteiger partial charge is 0.262 e. The van der Waals surface area contributed by atoms with Crippen LogP contribution in [0, 0.1) is 0 Å². The van der Waals surface area contributed by atoms with E-state index in [1.54, 1.807) is 0 Å². The van der Waals surface area contributed by atoms with Gasteiger partial charge in [-0.3, -0.25) is 4.79 Å². The van der Waals surface area contributed by atoms with Gasteiger partial charge in [-0.2, -0.15) is 0 Å². The van der Waals surface area contributed by atoms with Gasteiger partial charge in [-0.1, -0.05) is 54.2 Å². The van der Waals surface area contributed by atoms with E-state index in [1.807, 2.05) is 60.7 Å². The summed E-state index contributed by atoms with van der Waals surface area (Å²) in [6.07, 6.45) is 1.91. The van der Waals surface area contributed by atoms with Crippen LogP contribution in [0.5, 0.6) is 0 Å². The fraction of sp³-hybridized carbons (Fsp3) is 0. The number of benzene rings is 2. The molecule has 1 amide bonds. The molecule has 0 radical (unpaired) electrons. The van der Waals surface area contributed by atoms with Crippen molar-refractivity contribution in [1.29, 1.82) is 0 Å². The number of amides is 1. The minimum absolute atomic E-state index is 0.0393. The lowest BCUT2D eigenvalue weighted by atomic mass is 10.2. The molecule has 0 atom stereocenters. The first-order valence-corrected chi connectivity index (χ1v) is 6.49. The quantitative estimate of drug-likeness (QED) is 0.784. The number of hydrogen-bond acceptors (Lipinski definition) is 2. The Bertz CT molecular complexity index is 619. The van der Waals surface area contributed by atoms with Crippen molar-refractivity contribution in [3.8, 4) is 0 Å². The van der Waals surface area contributed by atoms with Gasteiger partial charge in [0.2, 0.25) is 0 Å². The summed E-state index contributed by atoms with van der Waals surface area (Å²) in [6, 6.07) is 17.7. The van der Waals surface area contributed by atoms with Crippen LogP contribution >= 0.6 is 11.8 Å². The zero-order valence-electron chi connectivity index (χ0n) is 9.59. The zero-order valence-corrected chi connectivity index (χ0v) is 10.4.